The molecule has 0 radical (unpaired) electrons. The van der Waals surface area contributed by atoms with E-state index in [2.05, 4.69) is 15.5 Å². The zero-order chi connectivity index (χ0) is 5.82. The number of thioether (sulfide) groups is 1. The first-order chi connectivity index (χ1) is 3.93. The van der Waals surface area contributed by atoms with Gasteiger partial charge in [0.15, 0.2) is 0 Å². The zero-order valence-corrected chi connectivity index (χ0v) is 5.30. The first-order valence-electron chi connectivity index (χ1n) is 2.13. The molecule has 0 saturated heterocycles. The van der Waals surface area contributed by atoms with E-state index in [0.29, 0.717) is 0 Å². The number of aromatic nitrogens is 4. The summed E-state index contributed by atoms with van der Waals surface area (Å²) in [7, 11) is 0. The summed E-state index contributed by atoms with van der Waals surface area (Å²) >= 11 is 1.68. The molecule has 5 heteroatoms. The smallest absolute Gasteiger partial charge is 0.139 e. The molecule has 0 bridgehead atoms. The third kappa shape index (κ3) is 1.19. The molecule has 0 aliphatic carbocycles. The summed E-state index contributed by atoms with van der Waals surface area (Å²) < 4.78 is 1.67. The second-order valence-corrected chi connectivity index (χ2v) is 2.10. The van der Waals surface area contributed by atoms with Crippen molar-refractivity contribution in [3.05, 3.63) is 6.33 Å². The molecule has 0 aliphatic heterocycles. The number of hydrogen-bond acceptors (Lipinski definition) is 4. The summed E-state index contributed by atoms with van der Waals surface area (Å²) in [4.78, 5) is 0. The maximum Gasteiger partial charge on any atom is 0.139 e. The van der Waals surface area contributed by atoms with Gasteiger partial charge in [0.05, 0.1) is 5.88 Å². The van der Waals surface area contributed by atoms with Gasteiger partial charge in [0.2, 0.25) is 0 Å². The van der Waals surface area contributed by atoms with Gasteiger partial charge >= 0.3 is 0 Å². The fourth-order valence-electron chi connectivity index (χ4n) is 0.372. The average molecular weight is 130 g/mol. The van der Waals surface area contributed by atoms with Gasteiger partial charge in [0.1, 0.15) is 6.33 Å². The lowest BCUT2D eigenvalue weighted by Crippen LogP contribution is -1.93. The van der Waals surface area contributed by atoms with Crippen molar-refractivity contribution >= 4 is 11.8 Å². The second kappa shape index (κ2) is 2.66. The van der Waals surface area contributed by atoms with Gasteiger partial charge in [-0.25, -0.2) is 4.68 Å². The normalized spacial score (nSPS) is 9.62. The molecule has 1 heterocycles. The maximum atomic E-state index is 3.64. The van der Waals surface area contributed by atoms with Crippen LogP contribution in [0.4, 0.5) is 0 Å². The van der Waals surface area contributed by atoms with E-state index >= 15 is 0 Å². The predicted octanol–water partition coefficient (Wildman–Crippen LogP) is -0.00640. The van der Waals surface area contributed by atoms with Gasteiger partial charge in [-0.05, 0) is 16.7 Å². The van der Waals surface area contributed by atoms with Crippen molar-refractivity contribution in [3.8, 4) is 0 Å². The Morgan fingerprint density at radius 3 is 3.12 bits per heavy atom. The minimum absolute atomic E-state index is 0.826. The Labute approximate surface area is 51.3 Å². The monoisotopic (exact) mass is 130 g/mol. The minimum atomic E-state index is 0.826. The first-order valence-corrected chi connectivity index (χ1v) is 3.52. The lowest BCUT2D eigenvalue weighted by molar-refractivity contribution is 0.699. The highest BCUT2D eigenvalue weighted by Crippen LogP contribution is 1.93. The number of hydrogen-bond donors (Lipinski definition) is 0. The van der Waals surface area contributed by atoms with Gasteiger partial charge < -0.3 is 0 Å². The highest BCUT2D eigenvalue weighted by molar-refractivity contribution is 7.97. The molecule has 0 spiro atoms. The highest BCUT2D eigenvalue weighted by Gasteiger charge is 1.85. The van der Waals surface area contributed by atoms with Crippen molar-refractivity contribution in [1.29, 1.82) is 0 Å². The Balaban J connectivity index is 2.50. The Morgan fingerprint density at radius 2 is 2.62 bits per heavy atom. The molecule has 0 fully saturated rings. The van der Waals surface area contributed by atoms with Gasteiger partial charge in [0, 0.05) is 0 Å². The molecule has 0 saturated carbocycles. The fourth-order valence-corrected chi connectivity index (χ4v) is 0.755. The lowest BCUT2D eigenvalue weighted by atomic mass is 11.2. The molecule has 1 aromatic heterocycles. The van der Waals surface area contributed by atoms with Crippen LogP contribution < -0.4 is 0 Å². The largest absolute Gasteiger partial charge is 0.223 e. The lowest BCUT2D eigenvalue weighted by Gasteiger charge is -1.89. The fraction of sp³-hybridized carbons (Fsp3) is 0.667. The molecular weight excluding hydrogens is 124 g/mol. The van der Waals surface area contributed by atoms with Crippen LogP contribution in [-0.4, -0.2) is 26.5 Å². The summed E-state index contributed by atoms with van der Waals surface area (Å²) in [6.45, 7) is 0. The molecule has 44 valence electrons. The topological polar surface area (TPSA) is 43.6 Å². The average Bonchev–Trinajstić information content (AvgIpc) is 2.19. The molecule has 0 amide bonds. The van der Waals surface area contributed by atoms with Crippen LogP contribution in [-0.2, 0) is 5.88 Å². The Morgan fingerprint density at radius 1 is 1.75 bits per heavy atom. The van der Waals surface area contributed by atoms with E-state index in [4.69, 9.17) is 0 Å². The van der Waals surface area contributed by atoms with E-state index in [1.54, 1.807) is 22.8 Å². The quantitative estimate of drug-likeness (QED) is 0.565. The van der Waals surface area contributed by atoms with Gasteiger partial charge in [0.25, 0.3) is 0 Å². The summed E-state index contributed by atoms with van der Waals surface area (Å²) in [6, 6.07) is 0. The van der Waals surface area contributed by atoms with Crippen LogP contribution in [0, 0.1) is 0 Å². The molecule has 0 atom stereocenters. The molecule has 0 N–H and O–H groups in total. The Kier molecular flexibility index (Phi) is 1.85. The Bertz CT molecular complexity index is 137. The van der Waals surface area contributed by atoms with E-state index in [9.17, 15) is 0 Å². The molecule has 4 nitrogen and oxygen atoms in total. The van der Waals surface area contributed by atoms with Crippen LogP contribution in [0.5, 0.6) is 0 Å². The van der Waals surface area contributed by atoms with Gasteiger partial charge in [-0.15, -0.1) is 16.9 Å². The molecule has 0 aliphatic rings. The van der Waals surface area contributed by atoms with Crippen molar-refractivity contribution in [2.24, 2.45) is 0 Å². The van der Waals surface area contributed by atoms with Gasteiger partial charge in [-0.2, -0.15) is 0 Å². The van der Waals surface area contributed by atoms with Crippen LogP contribution in [0.15, 0.2) is 6.33 Å². The second-order valence-electron chi connectivity index (χ2n) is 1.27. The molecule has 0 aromatic carbocycles. The molecule has 1 rings (SSSR count). The van der Waals surface area contributed by atoms with E-state index < -0.39 is 0 Å². The van der Waals surface area contributed by atoms with Gasteiger partial charge in [-0.3, -0.25) is 0 Å². The first kappa shape index (κ1) is 5.55. The predicted molar refractivity (Wildman–Crippen MR) is 31.3 cm³/mol. The van der Waals surface area contributed by atoms with Gasteiger partial charge in [-0.1, -0.05) is 0 Å². The third-order valence-electron chi connectivity index (χ3n) is 0.653. The van der Waals surface area contributed by atoms with Crippen molar-refractivity contribution in [2.45, 2.75) is 5.88 Å². The van der Waals surface area contributed by atoms with Crippen molar-refractivity contribution in [2.75, 3.05) is 6.26 Å². The minimum Gasteiger partial charge on any atom is -0.223 e. The van der Waals surface area contributed by atoms with E-state index in [0.717, 1.165) is 5.88 Å². The van der Waals surface area contributed by atoms with Crippen LogP contribution in [0.3, 0.4) is 0 Å². The number of tetrazole rings is 1. The summed E-state index contributed by atoms with van der Waals surface area (Å²) in [5, 5.41) is 10.6. The highest BCUT2D eigenvalue weighted by atomic mass is 32.2. The van der Waals surface area contributed by atoms with Crippen LogP contribution in [0.25, 0.3) is 0 Å². The van der Waals surface area contributed by atoms with Crippen molar-refractivity contribution in [1.82, 2.24) is 20.2 Å². The standard InChI is InChI=1S/C3H6N4S/c1-8-3-7-2-4-5-6-7/h2H,3H2,1H3. The number of rotatable bonds is 2. The number of nitrogens with zero attached hydrogens (tertiary/aromatic N) is 4. The summed E-state index contributed by atoms with van der Waals surface area (Å²) in [5.74, 6) is 0.826. The molecule has 0 unspecified atom stereocenters. The molecule has 8 heavy (non-hydrogen) atoms. The third-order valence-corrected chi connectivity index (χ3v) is 1.18. The van der Waals surface area contributed by atoms with Crippen LogP contribution in [0.2, 0.25) is 0 Å². The SMILES string of the molecule is CSCn1cnnn1. The summed E-state index contributed by atoms with van der Waals surface area (Å²) in [6.07, 6.45) is 3.60. The van der Waals surface area contributed by atoms with Crippen LogP contribution in [0.1, 0.15) is 0 Å². The Hall–Kier alpha value is -0.580. The molecular formula is C3H6N4S. The summed E-state index contributed by atoms with van der Waals surface area (Å²) in [5.41, 5.74) is 0. The zero-order valence-electron chi connectivity index (χ0n) is 4.48. The maximum absolute atomic E-state index is 3.64. The van der Waals surface area contributed by atoms with E-state index in [1.807, 2.05) is 6.26 Å². The van der Waals surface area contributed by atoms with E-state index in [1.165, 1.54) is 0 Å². The van der Waals surface area contributed by atoms with Crippen molar-refractivity contribution in [3.63, 3.8) is 0 Å². The van der Waals surface area contributed by atoms with Crippen LogP contribution >= 0.6 is 11.8 Å². The molecule has 1 aromatic rings. The van der Waals surface area contributed by atoms with Crippen molar-refractivity contribution < 1.29 is 0 Å². The van der Waals surface area contributed by atoms with E-state index in [-0.39, 0.29) is 0 Å².